The van der Waals surface area contributed by atoms with E-state index >= 15 is 0 Å². The summed E-state index contributed by atoms with van der Waals surface area (Å²) in [5, 5.41) is 2.74. The molecule has 2 atom stereocenters. The van der Waals surface area contributed by atoms with Gasteiger partial charge in [0, 0.05) is 6.20 Å². The normalized spacial score (nSPS) is 27.2. The van der Waals surface area contributed by atoms with Crippen molar-refractivity contribution in [2.75, 3.05) is 6.61 Å². The van der Waals surface area contributed by atoms with Crippen molar-refractivity contribution in [1.29, 1.82) is 0 Å². The fraction of sp³-hybridized carbons (Fsp3) is 0.812. The van der Waals surface area contributed by atoms with Gasteiger partial charge in [-0.25, -0.2) is 0 Å². The van der Waals surface area contributed by atoms with Gasteiger partial charge in [0.1, 0.15) is 6.61 Å². The summed E-state index contributed by atoms with van der Waals surface area (Å²) < 4.78 is 5.78. The number of nitrogens with one attached hydrogen (secondary N) is 1. The van der Waals surface area contributed by atoms with Crippen molar-refractivity contribution < 1.29 is 9.53 Å². The number of carbonyl (C=O) groups excluding carboxylic acids is 1. The second-order valence-corrected chi connectivity index (χ2v) is 6.63. The molecule has 0 radical (unpaired) electrons. The lowest BCUT2D eigenvalue weighted by Gasteiger charge is -2.41. The molecule has 0 aromatic heterocycles. The number of hydrogen-bond acceptors (Lipinski definition) is 2. The minimum absolute atomic E-state index is 0.0574. The van der Waals surface area contributed by atoms with E-state index in [0.717, 1.165) is 18.4 Å². The van der Waals surface area contributed by atoms with E-state index in [1.807, 2.05) is 13.8 Å². The van der Waals surface area contributed by atoms with Crippen molar-refractivity contribution in [3.05, 3.63) is 11.8 Å². The molecule has 1 fully saturated rings. The lowest BCUT2D eigenvalue weighted by atomic mass is 9.67. The van der Waals surface area contributed by atoms with Gasteiger partial charge in [-0.1, -0.05) is 32.8 Å². The van der Waals surface area contributed by atoms with Crippen LogP contribution in [0.5, 0.6) is 0 Å². The molecule has 0 aliphatic heterocycles. The Kier molecular flexibility index (Phi) is 6.05. The van der Waals surface area contributed by atoms with Crippen molar-refractivity contribution in [2.24, 2.45) is 11.3 Å². The number of allylic oxidation sites excluding steroid dienone is 1. The highest BCUT2D eigenvalue weighted by molar-refractivity contribution is 5.78. The summed E-state index contributed by atoms with van der Waals surface area (Å²) in [5.74, 6) is 0.608. The highest BCUT2D eigenvalue weighted by atomic mass is 16.5. The first kappa shape index (κ1) is 16.2. The zero-order chi connectivity index (χ0) is 14.5. The van der Waals surface area contributed by atoms with Crippen LogP contribution in [0, 0.1) is 11.3 Å². The molecular weight excluding hydrogens is 238 g/mol. The molecule has 1 rings (SSSR count). The molecule has 1 amide bonds. The van der Waals surface area contributed by atoms with E-state index < -0.39 is 0 Å². The van der Waals surface area contributed by atoms with Gasteiger partial charge in [0.25, 0.3) is 0 Å². The molecule has 1 saturated carbocycles. The minimum Gasteiger partial charge on any atom is -0.368 e. The Hall–Kier alpha value is -0.830. The van der Waals surface area contributed by atoms with E-state index in [-0.39, 0.29) is 18.6 Å². The molecule has 110 valence electrons. The van der Waals surface area contributed by atoms with Gasteiger partial charge in [-0.05, 0) is 44.4 Å². The molecular formula is C16H29NO2. The molecule has 1 aliphatic carbocycles. The lowest BCUT2D eigenvalue weighted by Crippen LogP contribution is -2.36. The molecule has 0 spiro atoms. The summed E-state index contributed by atoms with van der Waals surface area (Å²) in [6.45, 7) is 11.0. The molecule has 0 saturated heterocycles. The minimum atomic E-state index is -0.0574. The van der Waals surface area contributed by atoms with E-state index in [2.05, 4.69) is 26.1 Å². The summed E-state index contributed by atoms with van der Waals surface area (Å²) in [7, 11) is 0. The van der Waals surface area contributed by atoms with Crippen molar-refractivity contribution >= 4 is 5.91 Å². The van der Waals surface area contributed by atoms with Crippen LogP contribution >= 0.6 is 0 Å². The van der Waals surface area contributed by atoms with Gasteiger partial charge in [-0.3, -0.25) is 4.79 Å². The third-order valence-electron chi connectivity index (χ3n) is 4.33. The first-order chi connectivity index (χ1) is 8.83. The maximum Gasteiger partial charge on any atom is 0.249 e. The van der Waals surface area contributed by atoms with Gasteiger partial charge in [0.05, 0.1) is 6.10 Å². The Morgan fingerprint density at radius 2 is 2.16 bits per heavy atom. The molecule has 0 heterocycles. The predicted octanol–water partition coefficient (Wildman–Crippen LogP) is 3.65. The van der Waals surface area contributed by atoms with E-state index in [0.29, 0.717) is 11.3 Å². The summed E-state index contributed by atoms with van der Waals surface area (Å²) in [6, 6.07) is 0. The monoisotopic (exact) mass is 267 g/mol. The standard InChI is InChI=1S/C16H29NO2/c1-12(2)10-17-15(18)11-19-14-7-6-8-16(5,9-14)13(3)4/h10,13-14H,6-9,11H2,1-5H3,(H,17,18). The molecule has 1 aliphatic rings. The van der Waals surface area contributed by atoms with Crippen molar-refractivity contribution in [2.45, 2.75) is 66.4 Å². The molecule has 3 nitrogen and oxygen atoms in total. The van der Waals surface area contributed by atoms with Crippen molar-refractivity contribution in [3.8, 4) is 0 Å². The topological polar surface area (TPSA) is 38.3 Å². The largest absolute Gasteiger partial charge is 0.368 e. The second-order valence-electron chi connectivity index (χ2n) is 6.63. The molecule has 0 bridgehead atoms. The smallest absolute Gasteiger partial charge is 0.249 e. The molecule has 0 aromatic rings. The lowest BCUT2D eigenvalue weighted by molar-refractivity contribution is -0.128. The van der Waals surface area contributed by atoms with Gasteiger partial charge < -0.3 is 10.1 Å². The Bertz CT molecular complexity index is 332. The first-order valence-corrected chi connectivity index (χ1v) is 7.38. The van der Waals surface area contributed by atoms with Crippen LogP contribution in [-0.4, -0.2) is 18.6 Å². The van der Waals surface area contributed by atoms with Gasteiger partial charge in [0.15, 0.2) is 0 Å². The average molecular weight is 267 g/mol. The summed E-state index contributed by atoms with van der Waals surface area (Å²) in [5.41, 5.74) is 1.44. The molecule has 19 heavy (non-hydrogen) atoms. The Balaban J connectivity index is 2.37. The van der Waals surface area contributed by atoms with Gasteiger partial charge in [0.2, 0.25) is 5.91 Å². The highest BCUT2D eigenvalue weighted by Crippen LogP contribution is 2.42. The summed E-state index contributed by atoms with van der Waals surface area (Å²) >= 11 is 0. The molecule has 3 heteroatoms. The van der Waals surface area contributed by atoms with E-state index in [1.165, 1.54) is 12.8 Å². The van der Waals surface area contributed by atoms with E-state index in [9.17, 15) is 4.79 Å². The Labute approximate surface area is 117 Å². The first-order valence-electron chi connectivity index (χ1n) is 7.38. The quantitative estimate of drug-likeness (QED) is 0.825. The van der Waals surface area contributed by atoms with E-state index in [4.69, 9.17) is 4.74 Å². The van der Waals surface area contributed by atoms with Crippen LogP contribution in [0.1, 0.15) is 60.3 Å². The Morgan fingerprint density at radius 1 is 1.47 bits per heavy atom. The fourth-order valence-electron chi connectivity index (χ4n) is 2.58. The number of amides is 1. The average Bonchev–Trinajstić information content (AvgIpc) is 2.34. The van der Waals surface area contributed by atoms with Gasteiger partial charge in [-0.2, -0.15) is 0 Å². The molecule has 2 unspecified atom stereocenters. The summed E-state index contributed by atoms with van der Waals surface area (Å²) in [4.78, 5) is 11.6. The number of ether oxygens (including phenoxy) is 1. The van der Waals surface area contributed by atoms with Crippen LogP contribution in [0.15, 0.2) is 11.8 Å². The zero-order valence-corrected chi connectivity index (χ0v) is 13.1. The number of rotatable bonds is 5. The van der Waals surface area contributed by atoms with Crippen LogP contribution in [0.3, 0.4) is 0 Å². The third-order valence-corrected chi connectivity index (χ3v) is 4.33. The van der Waals surface area contributed by atoms with Crippen LogP contribution in [0.25, 0.3) is 0 Å². The number of hydrogen-bond donors (Lipinski definition) is 1. The van der Waals surface area contributed by atoms with Crippen molar-refractivity contribution in [3.63, 3.8) is 0 Å². The highest BCUT2D eigenvalue weighted by Gasteiger charge is 2.35. The predicted molar refractivity (Wildman–Crippen MR) is 78.7 cm³/mol. The summed E-state index contributed by atoms with van der Waals surface area (Å²) in [6.07, 6.45) is 6.59. The maximum atomic E-state index is 11.6. The van der Waals surface area contributed by atoms with Gasteiger partial charge in [-0.15, -0.1) is 0 Å². The van der Waals surface area contributed by atoms with Crippen LogP contribution < -0.4 is 5.32 Å². The number of carbonyl (C=O) groups is 1. The van der Waals surface area contributed by atoms with Crippen LogP contribution in [0.4, 0.5) is 0 Å². The molecule has 0 aromatic carbocycles. The van der Waals surface area contributed by atoms with Crippen LogP contribution in [0.2, 0.25) is 0 Å². The van der Waals surface area contributed by atoms with Crippen molar-refractivity contribution in [1.82, 2.24) is 5.32 Å². The van der Waals surface area contributed by atoms with E-state index in [1.54, 1.807) is 6.20 Å². The second kappa shape index (κ2) is 7.09. The van der Waals surface area contributed by atoms with Crippen LogP contribution in [-0.2, 0) is 9.53 Å². The third kappa shape index (κ3) is 5.35. The fourth-order valence-corrected chi connectivity index (χ4v) is 2.58. The Morgan fingerprint density at radius 3 is 2.74 bits per heavy atom. The zero-order valence-electron chi connectivity index (χ0n) is 13.1. The SMILES string of the molecule is CC(C)=CNC(=O)COC1CCCC(C)(C(C)C)C1. The molecule has 1 N–H and O–H groups in total. The van der Waals surface area contributed by atoms with Gasteiger partial charge >= 0.3 is 0 Å². The maximum absolute atomic E-state index is 11.6.